The lowest BCUT2D eigenvalue weighted by molar-refractivity contribution is -0.123. The molecule has 1 atom stereocenters. The average molecular weight is 643 g/mol. The van der Waals surface area contributed by atoms with E-state index < -0.39 is 21.9 Å². The summed E-state index contributed by atoms with van der Waals surface area (Å²) >= 11 is 5.87. The van der Waals surface area contributed by atoms with Crippen LogP contribution in [0.25, 0.3) is 0 Å². The number of carbonyl (C=O) groups excluding carboxylic acids is 3. The van der Waals surface area contributed by atoms with Crippen molar-refractivity contribution in [2.75, 3.05) is 19.6 Å². The van der Waals surface area contributed by atoms with Gasteiger partial charge in [0.1, 0.15) is 16.8 Å². The smallest absolute Gasteiger partial charge is 0.254 e. The third-order valence-electron chi connectivity index (χ3n) is 7.28. The Morgan fingerprint density at radius 3 is 2.45 bits per heavy atom. The fraction of sp³-hybridized carbons (Fsp3) is 0.344. The molecular weight excluding hydrogens is 607 g/mol. The summed E-state index contributed by atoms with van der Waals surface area (Å²) in [4.78, 5) is 41.0. The maximum absolute atomic E-state index is 13.4. The van der Waals surface area contributed by atoms with E-state index in [1.807, 2.05) is 38.1 Å². The van der Waals surface area contributed by atoms with Crippen molar-refractivity contribution in [2.24, 2.45) is 5.92 Å². The molecule has 3 amide bonds. The van der Waals surface area contributed by atoms with Gasteiger partial charge in [-0.05, 0) is 72.7 Å². The van der Waals surface area contributed by atoms with Crippen molar-refractivity contribution in [2.45, 2.75) is 50.6 Å². The lowest BCUT2D eigenvalue weighted by Crippen LogP contribution is -2.48. The molecule has 0 radical (unpaired) electrons. The van der Waals surface area contributed by atoms with Gasteiger partial charge in [-0.1, -0.05) is 55.8 Å². The lowest BCUT2D eigenvalue weighted by atomic mass is 9.93. The topological polar surface area (TPSA) is 125 Å². The van der Waals surface area contributed by atoms with Crippen LogP contribution < -0.4 is 15.4 Å². The van der Waals surface area contributed by atoms with E-state index in [2.05, 4.69) is 15.4 Å². The van der Waals surface area contributed by atoms with Crippen molar-refractivity contribution in [1.29, 1.82) is 0 Å². The predicted octanol–water partition coefficient (Wildman–Crippen LogP) is 4.31. The van der Waals surface area contributed by atoms with Gasteiger partial charge in [0, 0.05) is 37.3 Å². The van der Waals surface area contributed by atoms with Gasteiger partial charge >= 0.3 is 0 Å². The van der Waals surface area contributed by atoms with E-state index >= 15 is 0 Å². The van der Waals surface area contributed by atoms with Gasteiger partial charge in [-0.2, -0.15) is 0 Å². The van der Waals surface area contributed by atoms with Crippen molar-refractivity contribution in [3.63, 3.8) is 0 Å². The van der Waals surface area contributed by atoms with Crippen LogP contribution in [0, 0.1) is 11.7 Å². The van der Waals surface area contributed by atoms with E-state index in [1.54, 1.807) is 29.2 Å². The van der Waals surface area contributed by atoms with Crippen LogP contribution in [0.3, 0.4) is 0 Å². The molecule has 0 bridgehead atoms. The number of hydrogen-bond donors (Lipinski definition) is 3. The Bertz CT molecular complexity index is 1620. The minimum atomic E-state index is -3.96. The molecule has 3 aromatic rings. The van der Waals surface area contributed by atoms with Crippen LogP contribution in [0.1, 0.15) is 58.5 Å². The van der Waals surface area contributed by atoms with E-state index in [1.165, 1.54) is 0 Å². The minimum Gasteiger partial charge on any atom is -0.354 e. The van der Waals surface area contributed by atoms with Gasteiger partial charge in [0.05, 0.1) is 5.02 Å². The maximum atomic E-state index is 13.4. The first-order chi connectivity index (χ1) is 21.0. The molecule has 44 heavy (non-hydrogen) atoms. The SMILES string of the molecule is CC(C)C[C@H](NC(=O)c1cccc2c1CCN(C(=O)c1ccccc1)C2)C(=O)NCCCNS(=O)(=O)c1ccc(F)cc1Cl. The second-order valence-electron chi connectivity index (χ2n) is 11.1. The summed E-state index contributed by atoms with van der Waals surface area (Å²) in [6.45, 7) is 4.93. The summed E-state index contributed by atoms with van der Waals surface area (Å²) < 4.78 is 40.7. The van der Waals surface area contributed by atoms with E-state index in [9.17, 15) is 27.2 Å². The van der Waals surface area contributed by atoms with Crippen LogP contribution in [0.4, 0.5) is 4.39 Å². The molecule has 1 aliphatic heterocycles. The molecule has 0 saturated heterocycles. The highest BCUT2D eigenvalue weighted by molar-refractivity contribution is 7.89. The molecule has 1 aliphatic rings. The first kappa shape index (κ1) is 33.1. The Hall–Kier alpha value is -3.80. The summed E-state index contributed by atoms with van der Waals surface area (Å²) in [6, 6.07) is 16.7. The molecule has 3 N–H and O–H groups in total. The zero-order valence-corrected chi connectivity index (χ0v) is 26.2. The molecule has 0 fully saturated rings. The number of halogens is 2. The fourth-order valence-corrected chi connectivity index (χ4v) is 6.70. The quantitative estimate of drug-likeness (QED) is 0.254. The van der Waals surface area contributed by atoms with E-state index in [-0.39, 0.29) is 53.1 Å². The van der Waals surface area contributed by atoms with Gasteiger partial charge in [0.25, 0.3) is 11.8 Å². The number of hydrogen-bond acceptors (Lipinski definition) is 5. The van der Waals surface area contributed by atoms with E-state index in [4.69, 9.17) is 11.6 Å². The highest BCUT2D eigenvalue weighted by Gasteiger charge is 2.28. The number of nitrogens with one attached hydrogen (secondary N) is 3. The molecular formula is C32H36ClFN4O5S. The molecule has 3 aromatic carbocycles. The second-order valence-corrected chi connectivity index (χ2v) is 13.2. The van der Waals surface area contributed by atoms with Crippen LogP contribution in [0.15, 0.2) is 71.6 Å². The highest BCUT2D eigenvalue weighted by Crippen LogP contribution is 2.25. The molecule has 12 heteroatoms. The standard InChI is InChI=1S/C32H36ClFN4O5S/c1-21(2)18-28(31(40)35-15-7-16-36-44(42,43)29-13-12-24(34)19-27(29)33)37-30(39)26-11-6-10-23-20-38(17-14-25(23)26)32(41)22-8-4-3-5-9-22/h3-6,8-13,19,21,28,36H,7,14-18,20H2,1-2H3,(H,35,40)(H,37,39)/t28-/m0/s1. The van der Waals surface area contributed by atoms with Crippen LogP contribution in [-0.2, 0) is 27.8 Å². The number of rotatable bonds is 12. The monoisotopic (exact) mass is 642 g/mol. The maximum Gasteiger partial charge on any atom is 0.254 e. The first-order valence-corrected chi connectivity index (χ1v) is 16.3. The summed E-state index contributed by atoms with van der Waals surface area (Å²) in [5.41, 5.74) is 2.84. The molecule has 0 aliphatic carbocycles. The molecule has 4 rings (SSSR count). The molecule has 0 saturated carbocycles. The van der Waals surface area contributed by atoms with Crippen molar-refractivity contribution in [3.8, 4) is 0 Å². The van der Waals surface area contributed by atoms with Gasteiger partial charge < -0.3 is 15.5 Å². The van der Waals surface area contributed by atoms with Crippen molar-refractivity contribution >= 4 is 39.3 Å². The highest BCUT2D eigenvalue weighted by atomic mass is 35.5. The zero-order chi connectivity index (χ0) is 31.9. The zero-order valence-electron chi connectivity index (χ0n) is 24.6. The molecule has 0 aromatic heterocycles. The fourth-order valence-electron chi connectivity index (χ4n) is 5.10. The van der Waals surface area contributed by atoms with E-state index in [0.29, 0.717) is 37.1 Å². The Kier molecular flexibility index (Phi) is 11.1. The average Bonchev–Trinajstić information content (AvgIpc) is 2.99. The first-order valence-electron chi connectivity index (χ1n) is 14.4. The van der Waals surface area contributed by atoms with Crippen molar-refractivity contribution < 1.29 is 27.2 Å². The summed E-state index contributed by atoms with van der Waals surface area (Å²) in [5.74, 6) is -1.34. The van der Waals surface area contributed by atoms with Crippen LogP contribution in [-0.4, -0.2) is 56.7 Å². The number of nitrogens with zero attached hydrogens (tertiary/aromatic N) is 1. The van der Waals surface area contributed by atoms with Gasteiger partial charge in [0.2, 0.25) is 15.9 Å². The summed E-state index contributed by atoms with van der Waals surface area (Å²) in [7, 11) is -3.96. The van der Waals surface area contributed by atoms with Gasteiger partial charge in [0.15, 0.2) is 0 Å². The van der Waals surface area contributed by atoms with Crippen molar-refractivity contribution in [1.82, 2.24) is 20.3 Å². The Morgan fingerprint density at radius 2 is 1.75 bits per heavy atom. The molecule has 1 heterocycles. The number of sulfonamides is 1. The Morgan fingerprint density at radius 1 is 1.00 bits per heavy atom. The molecule has 0 unspecified atom stereocenters. The van der Waals surface area contributed by atoms with Gasteiger partial charge in [-0.25, -0.2) is 17.5 Å². The third-order valence-corrected chi connectivity index (χ3v) is 9.22. The van der Waals surface area contributed by atoms with Crippen LogP contribution >= 0.6 is 11.6 Å². The van der Waals surface area contributed by atoms with Gasteiger partial charge in [-0.15, -0.1) is 0 Å². The summed E-state index contributed by atoms with van der Waals surface area (Å²) in [6.07, 6.45) is 1.19. The van der Waals surface area contributed by atoms with Crippen LogP contribution in [0.2, 0.25) is 5.02 Å². The Labute approximate surface area is 262 Å². The normalized spacial score (nSPS) is 13.7. The minimum absolute atomic E-state index is 0.0114. The number of fused-ring (bicyclic) bond motifs is 1. The second kappa shape index (κ2) is 14.8. The van der Waals surface area contributed by atoms with Crippen molar-refractivity contribution in [3.05, 3.63) is 99.8 Å². The van der Waals surface area contributed by atoms with Crippen LogP contribution in [0.5, 0.6) is 0 Å². The number of amides is 3. The largest absolute Gasteiger partial charge is 0.354 e. The Balaban J connectivity index is 1.33. The number of benzene rings is 3. The van der Waals surface area contributed by atoms with Gasteiger partial charge in [-0.3, -0.25) is 14.4 Å². The molecule has 234 valence electrons. The predicted molar refractivity (Wildman–Crippen MR) is 166 cm³/mol. The lowest BCUT2D eigenvalue weighted by Gasteiger charge is -2.30. The summed E-state index contributed by atoms with van der Waals surface area (Å²) in [5, 5.41) is 5.44. The molecule has 9 nitrogen and oxygen atoms in total. The number of carbonyl (C=O) groups is 3. The third kappa shape index (κ3) is 8.43. The van der Waals surface area contributed by atoms with E-state index in [0.717, 1.165) is 29.3 Å². The molecule has 0 spiro atoms.